The summed E-state index contributed by atoms with van der Waals surface area (Å²) in [5.41, 5.74) is 0.839. The summed E-state index contributed by atoms with van der Waals surface area (Å²) in [5.74, 6) is 0.0748. The van der Waals surface area contributed by atoms with Crippen LogP contribution in [0.25, 0.3) is 0 Å². The Morgan fingerprint density at radius 3 is 2.63 bits per heavy atom. The van der Waals surface area contributed by atoms with Crippen LogP contribution in [0.5, 0.6) is 0 Å². The van der Waals surface area contributed by atoms with Crippen LogP contribution in [0.15, 0.2) is 28.7 Å². The molecule has 19 heavy (non-hydrogen) atoms. The number of hydrogen-bond donors (Lipinski definition) is 1. The minimum absolute atomic E-state index is 0.0748. The zero-order valence-electron chi connectivity index (χ0n) is 11.2. The lowest BCUT2D eigenvalue weighted by atomic mass is 10.2. The molecule has 1 aromatic carbocycles. The number of nitrogens with zero attached hydrogens (tertiary/aromatic N) is 2. The van der Waals surface area contributed by atoms with Crippen LogP contribution in [-0.4, -0.2) is 55.5 Å². The van der Waals surface area contributed by atoms with E-state index in [2.05, 4.69) is 38.1 Å². The third-order valence-electron chi connectivity index (χ3n) is 3.40. The summed E-state index contributed by atoms with van der Waals surface area (Å²) in [5, 5.41) is 2.94. The number of amides is 1. The Morgan fingerprint density at radius 1 is 1.26 bits per heavy atom. The molecule has 1 aliphatic rings. The van der Waals surface area contributed by atoms with Crippen LogP contribution < -0.4 is 5.32 Å². The van der Waals surface area contributed by atoms with Gasteiger partial charge in [0.1, 0.15) is 0 Å². The minimum Gasteiger partial charge on any atom is -0.325 e. The zero-order valence-corrected chi connectivity index (χ0v) is 12.8. The molecule has 0 atom stereocenters. The van der Waals surface area contributed by atoms with Gasteiger partial charge in [0.15, 0.2) is 0 Å². The van der Waals surface area contributed by atoms with Crippen molar-refractivity contribution in [2.75, 3.05) is 45.1 Å². The van der Waals surface area contributed by atoms with Crippen molar-refractivity contribution in [2.45, 2.75) is 6.42 Å². The molecule has 0 aromatic heterocycles. The van der Waals surface area contributed by atoms with Gasteiger partial charge in [-0.3, -0.25) is 4.79 Å². The van der Waals surface area contributed by atoms with E-state index in [9.17, 15) is 4.79 Å². The second-order valence-corrected chi connectivity index (χ2v) is 5.78. The van der Waals surface area contributed by atoms with Crippen LogP contribution in [-0.2, 0) is 4.79 Å². The van der Waals surface area contributed by atoms with Gasteiger partial charge in [-0.15, -0.1) is 0 Å². The number of rotatable bonds is 4. The number of carbonyl (C=O) groups excluding carboxylic acids is 1. The van der Waals surface area contributed by atoms with Crippen LogP contribution in [0.1, 0.15) is 6.42 Å². The number of nitrogens with one attached hydrogen (secondary N) is 1. The highest BCUT2D eigenvalue weighted by Crippen LogP contribution is 2.21. The maximum Gasteiger partial charge on any atom is 0.225 e. The van der Waals surface area contributed by atoms with Crippen LogP contribution in [0, 0.1) is 0 Å². The Hall–Kier alpha value is -0.910. The molecule has 1 N–H and O–H groups in total. The first-order chi connectivity index (χ1) is 9.15. The standard InChI is InChI=1S/C14H20BrN3O/c1-17-8-10-18(11-9-17)7-6-14(19)16-13-5-3-2-4-12(13)15/h2-5H,6-11H2,1H3,(H,16,19). The van der Waals surface area contributed by atoms with Gasteiger partial charge < -0.3 is 15.1 Å². The molecule has 1 aliphatic heterocycles. The van der Waals surface area contributed by atoms with E-state index in [1.54, 1.807) is 0 Å². The molecule has 1 fully saturated rings. The summed E-state index contributed by atoms with van der Waals surface area (Å²) < 4.78 is 0.919. The lowest BCUT2D eigenvalue weighted by Crippen LogP contribution is -2.45. The average Bonchev–Trinajstić information content (AvgIpc) is 2.41. The van der Waals surface area contributed by atoms with E-state index < -0.39 is 0 Å². The first-order valence-corrected chi connectivity index (χ1v) is 7.40. The molecule has 0 aliphatic carbocycles. The molecule has 4 nitrogen and oxygen atoms in total. The van der Waals surface area contributed by atoms with Gasteiger partial charge in [0.25, 0.3) is 0 Å². The van der Waals surface area contributed by atoms with Crippen molar-refractivity contribution >= 4 is 27.5 Å². The molecule has 2 rings (SSSR count). The molecule has 0 unspecified atom stereocenters. The van der Waals surface area contributed by atoms with Crippen molar-refractivity contribution in [1.82, 2.24) is 9.80 Å². The molecular formula is C14H20BrN3O. The number of piperazine rings is 1. The van der Waals surface area contributed by atoms with Crippen LogP contribution in [0.4, 0.5) is 5.69 Å². The Balaban J connectivity index is 1.74. The molecule has 0 spiro atoms. The van der Waals surface area contributed by atoms with Gasteiger partial charge in [-0.25, -0.2) is 0 Å². The molecule has 5 heteroatoms. The molecule has 1 amide bonds. The lowest BCUT2D eigenvalue weighted by Gasteiger charge is -2.32. The third kappa shape index (κ3) is 4.60. The molecule has 1 heterocycles. The summed E-state index contributed by atoms with van der Waals surface area (Å²) in [6.45, 7) is 5.12. The summed E-state index contributed by atoms with van der Waals surface area (Å²) in [6.07, 6.45) is 0.547. The van der Waals surface area contributed by atoms with E-state index in [1.807, 2.05) is 24.3 Å². The number of hydrogen-bond acceptors (Lipinski definition) is 3. The van der Waals surface area contributed by atoms with Crippen molar-refractivity contribution in [2.24, 2.45) is 0 Å². The highest BCUT2D eigenvalue weighted by molar-refractivity contribution is 9.10. The Bertz CT molecular complexity index is 430. The Labute approximate surface area is 122 Å². The van der Waals surface area contributed by atoms with Crippen molar-refractivity contribution in [1.29, 1.82) is 0 Å². The summed E-state index contributed by atoms with van der Waals surface area (Å²) in [6, 6.07) is 7.68. The van der Waals surface area contributed by atoms with Crippen molar-refractivity contribution < 1.29 is 4.79 Å². The molecule has 0 radical (unpaired) electrons. The summed E-state index contributed by atoms with van der Waals surface area (Å²) in [7, 11) is 2.14. The van der Waals surface area contributed by atoms with Gasteiger partial charge >= 0.3 is 0 Å². The number of para-hydroxylation sites is 1. The second-order valence-electron chi connectivity index (χ2n) is 4.92. The molecule has 0 saturated carbocycles. The average molecular weight is 326 g/mol. The Morgan fingerprint density at radius 2 is 1.95 bits per heavy atom. The smallest absolute Gasteiger partial charge is 0.225 e. The van der Waals surface area contributed by atoms with Crippen LogP contribution in [0.3, 0.4) is 0 Å². The predicted molar refractivity (Wildman–Crippen MR) is 81.3 cm³/mol. The number of carbonyl (C=O) groups is 1. The number of halogens is 1. The maximum atomic E-state index is 11.9. The minimum atomic E-state index is 0.0748. The van der Waals surface area contributed by atoms with Crippen LogP contribution >= 0.6 is 15.9 Å². The number of benzene rings is 1. The van der Waals surface area contributed by atoms with E-state index in [0.29, 0.717) is 6.42 Å². The van der Waals surface area contributed by atoms with Gasteiger partial charge in [-0.2, -0.15) is 0 Å². The fourth-order valence-electron chi connectivity index (χ4n) is 2.11. The summed E-state index contributed by atoms with van der Waals surface area (Å²) >= 11 is 3.43. The molecule has 104 valence electrons. The highest BCUT2D eigenvalue weighted by Gasteiger charge is 2.14. The van der Waals surface area contributed by atoms with E-state index in [-0.39, 0.29) is 5.91 Å². The van der Waals surface area contributed by atoms with E-state index >= 15 is 0 Å². The Kier molecular flexibility index (Phi) is 5.36. The fraction of sp³-hybridized carbons (Fsp3) is 0.500. The van der Waals surface area contributed by atoms with Crippen molar-refractivity contribution in [3.63, 3.8) is 0 Å². The van der Waals surface area contributed by atoms with E-state index in [4.69, 9.17) is 0 Å². The molecular weight excluding hydrogens is 306 g/mol. The van der Waals surface area contributed by atoms with Gasteiger partial charge in [0, 0.05) is 43.6 Å². The van der Waals surface area contributed by atoms with Gasteiger partial charge in [-0.1, -0.05) is 12.1 Å². The first kappa shape index (κ1) is 14.5. The number of likely N-dealkylation sites (N-methyl/N-ethyl adjacent to an activating group) is 1. The highest BCUT2D eigenvalue weighted by atomic mass is 79.9. The predicted octanol–water partition coefficient (Wildman–Crippen LogP) is 2.03. The maximum absolute atomic E-state index is 11.9. The van der Waals surface area contributed by atoms with Gasteiger partial charge in [-0.05, 0) is 35.1 Å². The van der Waals surface area contributed by atoms with Crippen molar-refractivity contribution in [3.8, 4) is 0 Å². The topological polar surface area (TPSA) is 35.6 Å². The van der Waals surface area contributed by atoms with E-state index in [0.717, 1.165) is 42.9 Å². The normalized spacial score (nSPS) is 17.4. The number of anilines is 1. The monoisotopic (exact) mass is 325 g/mol. The quantitative estimate of drug-likeness (QED) is 0.920. The third-order valence-corrected chi connectivity index (χ3v) is 4.09. The first-order valence-electron chi connectivity index (χ1n) is 6.60. The molecule has 1 saturated heterocycles. The molecule has 0 bridgehead atoms. The SMILES string of the molecule is CN1CCN(CCC(=O)Nc2ccccc2Br)CC1. The van der Waals surface area contributed by atoms with Gasteiger partial charge in [0.2, 0.25) is 5.91 Å². The summed E-state index contributed by atoms with van der Waals surface area (Å²) in [4.78, 5) is 16.6. The van der Waals surface area contributed by atoms with Crippen molar-refractivity contribution in [3.05, 3.63) is 28.7 Å². The van der Waals surface area contributed by atoms with Gasteiger partial charge in [0.05, 0.1) is 5.69 Å². The van der Waals surface area contributed by atoms with E-state index in [1.165, 1.54) is 0 Å². The van der Waals surface area contributed by atoms with Crippen LogP contribution in [0.2, 0.25) is 0 Å². The lowest BCUT2D eigenvalue weighted by molar-refractivity contribution is -0.116. The zero-order chi connectivity index (χ0) is 13.7. The molecule has 1 aromatic rings. The largest absolute Gasteiger partial charge is 0.325 e. The fourth-order valence-corrected chi connectivity index (χ4v) is 2.49. The second kappa shape index (κ2) is 7.03.